The SMILES string of the molecule is CCCN(CC)CCNC(C)c1cscn1. The minimum absolute atomic E-state index is 0.367. The molecular formula is C12H23N3S. The second-order valence-electron chi connectivity index (χ2n) is 4.02. The topological polar surface area (TPSA) is 28.2 Å². The van der Waals surface area contributed by atoms with Gasteiger partial charge in [-0.15, -0.1) is 11.3 Å². The van der Waals surface area contributed by atoms with Crippen LogP contribution in [-0.4, -0.2) is 36.1 Å². The minimum atomic E-state index is 0.367. The van der Waals surface area contributed by atoms with Crippen molar-refractivity contribution >= 4 is 11.3 Å². The Labute approximate surface area is 103 Å². The zero-order valence-corrected chi connectivity index (χ0v) is 11.4. The first-order chi connectivity index (χ1) is 7.77. The Bertz CT molecular complexity index is 261. The Morgan fingerprint density at radius 2 is 2.25 bits per heavy atom. The average Bonchev–Trinajstić information content (AvgIpc) is 2.81. The van der Waals surface area contributed by atoms with Crippen molar-refractivity contribution in [3.05, 3.63) is 16.6 Å². The predicted octanol–water partition coefficient (Wildman–Crippen LogP) is 2.53. The maximum atomic E-state index is 4.31. The molecule has 0 saturated heterocycles. The third-order valence-electron chi connectivity index (χ3n) is 2.76. The standard InChI is InChI=1S/C12H23N3S/c1-4-7-15(5-2)8-6-13-11(3)12-9-16-10-14-12/h9-11,13H,4-8H2,1-3H3. The van der Waals surface area contributed by atoms with E-state index in [1.165, 1.54) is 13.0 Å². The zero-order valence-electron chi connectivity index (χ0n) is 10.6. The number of nitrogens with zero attached hydrogens (tertiary/aromatic N) is 2. The van der Waals surface area contributed by atoms with Crippen molar-refractivity contribution in [1.29, 1.82) is 0 Å². The zero-order chi connectivity index (χ0) is 11.8. The van der Waals surface area contributed by atoms with Gasteiger partial charge in [0, 0.05) is 24.5 Å². The van der Waals surface area contributed by atoms with Crippen molar-refractivity contribution in [3.63, 3.8) is 0 Å². The van der Waals surface area contributed by atoms with Crippen LogP contribution in [0.4, 0.5) is 0 Å². The van der Waals surface area contributed by atoms with Crippen LogP contribution < -0.4 is 5.32 Å². The molecule has 1 atom stereocenters. The first kappa shape index (κ1) is 13.6. The van der Waals surface area contributed by atoms with Crippen LogP contribution in [0.25, 0.3) is 0 Å². The van der Waals surface area contributed by atoms with Crippen molar-refractivity contribution < 1.29 is 0 Å². The molecule has 4 heteroatoms. The molecule has 0 spiro atoms. The normalized spacial score (nSPS) is 13.2. The van der Waals surface area contributed by atoms with E-state index in [1.807, 2.05) is 5.51 Å². The Balaban J connectivity index is 2.19. The van der Waals surface area contributed by atoms with E-state index < -0.39 is 0 Å². The molecule has 0 aromatic carbocycles. The van der Waals surface area contributed by atoms with Crippen LogP contribution in [-0.2, 0) is 0 Å². The largest absolute Gasteiger partial charge is 0.308 e. The molecule has 1 unspecified atom stereocenters. The summed E-state index contributed by atoms with van der Waals surface area (Å²) in [6.07, 6.45) is 1.23. The molecule has 1 aromatic heterocycles. The van der Waals surface area contributed by atoms with Crippen LogP contribution in [0.1, 0.15) is 38.9 Å². The quantitative estimate of drug-likeness (QED) is 0.758. The van der Waals surface area contributed by atoms with Crippen molar-refractivity contribution in [2.24, 2.45) is 0 Å². The molecule has 92 valence electrons. The number of aromatic nitrogens is 1. The van der Waals surface area contributed by atoms with E-state index >= 15 is 0 Å². The molecular weight excluding hydrogens is 218 g/mol. The van der Waals surface area contributed by atoms with Gasteiger partial charge in [-0.2, -0.15) is 0 Å². The lowest BCUT2D eigenvalue weighted by molar-refractivity contribution is 0.283. The van der Waals surface area contributed by atoms with Gasteiger partial charge in [0.25, 0.3) is 0 Å². The first-order valence-electron chi connectivity index (χ1n) is 6.11. The van der Waals surface area contributed by atoms with Crippen molar-refractivity contribution in [1.82, 2.24) is 15.2 Å². The minimum Gasteiger partial charge on any atom is -0.308 e. The summed E-state index contributed by atoms with van der Waals surface area (Å²) in [6.45, 7) is 11.1. The average molecular weight is 241 g/mol. The molecule has 0 aliphatic carbocycles. The molecule has 0 aliphatic heterocycles. The van der Waals surface area contributed by atoms with Crippen LogP contribution in [0.2, 0.25) is 0 Å². The summed E-state index contributed by atoms with van der Waals surface area (Å²) in [5.74, 6) is 0. The number of thiazole rings is 1. The molecule has 1 heterocycles. The molecule has 0 saturated carbocycles. The lowest BCUT2D eigenvalue weighted by Gasteiger charge is -2.20. The highest BCUT2D eigenvalue weighted by atomic mass is 32.1. The van der Waals surface area contributed by atoms with Gasteiger partial charge in [-0.25, -0.2) is 4.98 Å². The summed E-state index contributed by atoms with van der Waals surface area (Å²) in [5, 5.41) is 5.62. The summed E-state index contributed by atoms with van der Waals surface area (Å²) < 4.78 is 0. The van der Waals surface area contributed by atoms with Gasteiger partial charge in [-0.05, 0) is 26.4 Å². The van der Waals surface area contributed by atoms with Gasteiger partial charge in [-0.1, -0.05) is 13.8 Å². The monoisotopic (exact) mass is 241 g/mol. The lowest BCUT2D eigenvalue weighted by atomic mass is 10.2. The van der Waals surface area contributed by atoms with E-state index in [1.54, 1.807) is 11.3 Å². The van der Waals surface area contributed by atoms with Crippen LogP contribution in [0, 0.1) is 0 Å². The molecule has 0 radical (unpaired) electrons. The first-order valence-corrected chi connectivity index (χ1v) is 7.06. The summed E-state index contributed by atoms with van der Waals surface area (Å²) in [5.41, 5.74) is 3.05. The van der Waals surface area contributed by atoms with Crippen molar-refractivity contribution in [3.8, 4) is 0 Å². The Morgan fingerprint density at radius 3 is 2.81 bits per heavy atom. The fourth-order valence-corrected chi connectivity index (χ4v) is 2.37. The van der Waals surface area contributed by atoms with E-state index in [0.717, 1.165) is 25.3 Å². The van der Waals surface area contributed by atoms with Gasteiger partial charge >= 0.3 is 0 Å². The Morgan fingerprint density at radius 1 is 1.44 bits per heavy atom. The number of hydrogen-bond donors (Lipinski definition) is 1. The Hall–Kier alpha value is -0.450. The Kier molecular flexibility index (Phi) is 6.61. The van der Waals surface area contributed by atoms with Gasteiger partial charge < -0.3 is 10.2 Å². The highest BCUT2D eigenvalue weighted by Gasteiger charge is 2.07. The maximum absolute atomic E-state index is 4.31. The van der Waals surface area contributed by atoms with E-state index in [4.69, 9.17) is 0 Å². The third-order valence-corrected chi connectivity index (χ3v) is 3.37. The molecule has 0 amide bonds. The number of rotatable bonds is 8. The number of nitrogens with one attached hydrogen (secondary N) is 1. The van der Waals surface area contributed by atoms with Gasteiger partial charge in [-0.3, -0.25) is 0 Å². The van der Waals surface area contributed by atoms with Crippen LogP contribution in [0.3, 0.4) is 0 Å². The summed E-state index contributed by atoms with van der Waals surface area (Å²) in [6, 6.07) is 0.367. The molecule has 0 bridgehead atoms. The van der Waals surface area contributed by atoms with E-state index in [-0.39, 0.29) is 0 Å². The summed E-state index contributed by atoms with van der Waals surface area (Å²) in [7, 11) is 0. The molecule has 0 aliphatic rings. The molecule has 1 N–H and O–H groups in total. The van der Waals surface area contributed by atoms with Gasteiger partial charge in [0.05, 0.1) is 11.2 Å². The molecule has 16 heavy (non-hydrogen) atoms. The highest BCUT2D eigenvalue weighted by molar-refractivity contribution is 7.07. The number of hydrogen-bond acceptors (Lipinski definition) is 4. The van der Waals surface area contributed by atoms with E-state index in [9.17, 15) is 0 Å². The second kappa shape index (κ2) is 7.76. The van der Waals surface area contributed by atoms with E-state index in [2.05, 4.69) is 41.4 Å². The lowest BCUT2D eigenvalue weighted by Crippen LogP contribution is -2.33. The molecule has 3 nitrogen and oxygen atoms in total. The van der Waals surface area contributed by atoms with Crippen LogP contribution in [0.15, 0.2) is 10.9 Å². The molecule has 0 fully saturated rings. The fraction of sp³-hybridized carbons (Fsp3) is 0.750. The highest BCUT2D eigenvalue weighted by Crippen LogP contribution is 2.11. The van der Waals surface area contributed by atoms with Gasteiger partial charge in [0.1, 0.15) is 0 Å². The van der Waals surface area contributed by atoms with Crippen molar-refractivity contribution in [2.75, 3.05) is 26.2 Å². The summed E-state index contributed by atoms with van der Waals surface area (Å²) >= 11 is 1.66. The third kappa shape index (κ3) is 4.60. The number of likely N-dealkylation sites (N-methyl/N-ethyl adjacent to an activating group) is 1. The van der Waals surface area contributed by atoms with Gasteiger partial charge in [0.15, 0.2) is 0 Å². The van der Waals surface area contributed by atoms with E-state index in [0.29, 0.717) is 6.04 Å². The van der Waals surface area contributed by atoms with Gasteiger partial charge in [0.2, 0.25) is 0 Å². The fourth-order valence-electron chi connectivity index (χ4n) is 1.72. The molecule has 1 aromatic rings. The van der Waals surface area contributed by atoms with Crippen molar-refractivity contribution in [2.45, 2.75) is 33.2 Å². The maximum Gasteiger partial charge on any atom is 0.0795 e. The van der Waals surface area contributed by atoms with Crippen LogP contribution >= 0.6 is 11.3 Å². The summed E-state index contributed by atoms with van der Waals surface area (Å²) in [4.78, 5) is 6.79. The second-order valence-corrected chi connectivity index (χ2v) is 4.74. The smallest absolute Gasteiger partial charge is 0.0795 e. The van der Waals surface area contributed by atoms with Crippen LogP contribution in [0.5, 0.6) is 0 Å². The predicted molar refractivity (Wildman–Crippen MR) is 70.9 cm³/mol. The molecule has 1 rings (SSSR count).